The number of guanidine groups is 2. The summed E-state index contributed by atoms with van der Waals surface area (Å²) >= 11 is 4.22. The van der Waals surface area contributed by atoms with Gasteiger partial charge in [0.05, 0.1) is 25.5 Å². The molecule has 0 radical (unpaired) electrons. The minimum atomic E-state index is -1.91. The lowest BCUT2D eigenvalue weighted by Crippen LogP contribution is -2.62. The molecule has 4 aromatic rings. The lowest BCUT2D eigenvalue weighted by atomic mass is 9.99. The summed E-state index contributed by atoms with van der Waals surface area (Å²) in [6.07, 6.45) is -2.79. The number of rotatable bonds is 40. The number of ether oxygens (including phenoxy) is 1. The second kappa shape index (κ2) is 40.0. The molecule has 5 rings (SSSR count). The highest BCUT2D eigenvalue weighted by molar-refractivity contribution is 7.80. The number of imide groups is 1. The summed E-state index contributed by atoms with van der Waals surface area (Å²) in [7, 11) is 0. The van der Waals surface area contributed by atoms with Crippen LogP contribution in [-0.4, -0.2) is 184 Å². The number of nitrogens with zero attached hydrogens (tertiary/aromatic N) is 4. The van der Waals surface area contributed by atoms with Crippen LogP contribution >= 0.6 is 12.6 Å². The van der Waals surface area contributed by atoms with Crippen molar-refractivity contribution < 1.29 is 67.4 Å². The van der Waals surface area contributed by atoms with E-state index in [4.69, 9.17) is 50.6 Å². The predicted octanol–water partition coefficient (Wildman–Crippen LogP) is -3.32. The van der Waals surface area contributed by atoms with E-state index in [0.717, 1.165) is 4.90 Å². The van der Waals surface area contributed by atoms with Gasteiger partial charge in [-0.1, -0.05) is 84.9 Å². The molecule has 0 aliphatic carbocycles. The summed E-state index contributed by atoms with van der Waals surface area (Å²) in [5, 5.41) is 25.2. The van der Waals surface area contributed by atoms with Gasteiger partial charge in [0, 0.05) is 51.1 Å². The summed E-state index contributed by atoms with van der Waals surface area (Å²) in [6, 6.07) is 15.2. The van der Waals surface area contributed by atoms with Gasteiger partial charge < -0.3 is 92.5 Å². The van der Waals surface area contributed by atoms with Gasteiger partial charge >= 0.3 is 0 Å². The van der Waals surface area contributed by atoms with Crippen molar-refractivity contribution in [2.45, 2.75) is 145 Å². The van der Waals surface area contributed by atoms with Crippen LogP contribution in [0, 0.1) is 0 Å². The Kier molecular flexibility index (Phi) is 31.9. The van der Waals surface area contributed by atoms with Crippen LogP contribution in [-0.2, 0) is 83.2 Å². The summed E-state index contributed by atoms with van der Waals surface area (Å²) in [6.45, 7) is 2.06. The van der Waals surface area contributed by atoms with Crippen molar-refractivity contribution in [3.05, 3.63) is 131 Å². The molecular weight excluding hydrogens is 1300 g/mol. The molecule has 1 saturated heterocycles. The molecule has 0 aromatic heterocycles. The van der Waals surface area contributed by atoms with E-state index in [0.29, 0.717) is 34.6 Å². The van der Waals surface area contributed by atoms with Gasteiger partial charge in [-0.2, -0.15) is 12.6 Å². The molecule has 33 heteroatoms. The fourth-order valence-electron chi connectivity index (χ4n) is 10.8. The number of thiol groups is 1. The van der Waals surface area contributed by atoms with E-state index in [2.05, 4.69) is 54.5 Å². The van der Waals surface area contributed by atoms with Crippen LogP contribution in [0.15, 0.2) is 119 Å². The number of phenolic OH excluding ortho intramolecular Hbond substituents is 1. The molecule has 0 spiro atoms. The van der Waals surface area contributed by atoms with Crippen LogP contribution in [0.3, 0.4) is 0 Å². The first kappa shape index (κ1) is 78.9. The predicted molar refractivity (Wildman–Crippen MR) is 368 cm³/mol. The number of hydrogen-bond acceptors (Lipinski definition) is 18. The number of nitrogens with two attached hydrogens (primary N) is 8. The number of aromatic hydroxyl groups is 1. The van der Waals surface area contributed by atoms with Crippen LogP contribution < -0.4 is 82.5 Å². The van der Waals surface area contributed by atoms with Gasteiger partial charge in [0.1, 0.15) is 59.8 Å². The van der Waals surface area contributed by atoms with Gasteiger partial charge in [-0.15, -0.1) is 0 Å². The third-order valence-electron chi connectivity index (χ3n) is 15.8. The number of benzene rings is 4. The average Bonchev–Trinajstić information content (AvgIpc) is 1.69. The lowest BCUT2D eigenvalue weighted by Gasteiger charge is -2.33. The average molecular weight is 1390 g/mol. The van der Waals surface area contributed by atoms with E-state index in [9.17, 15) is 57.8 Å². The van der Waals surface area contributed by atoms with Crippen molar-refractivity contribution in [2.24, 2.45) is 55.9 Å². The van der Waals surface area contributed by atoms with E-state index in [-0.39, 0.29) is 107 Å². The normalized spacial score (nSPS) is 14.9. The highest BCUT2D eigenvalue weighted by atomic mass is 32.1. The molecule has 1 aliphatic rings. The van der Waals surface area contributed by atoms with E-state index < -0.39 is 145 Å². The number of carbonyl (C=O) groups is 12. The Balaban J connectivity index is 1.45. The Bertz CT molecular complexity index is 3490. The Hall–Kier alpha value is -10.8. The minimum absolute atomic E-state index is 0.0289. The Morgan fingerprint density at radius 1 is 0.576 bits per heavy atom. The van der Waals surface area contributed by atoms with Crippen molar-refractivity contribution in [3.8, 4) is 11.5 Å². The molecule has 32 nitrogen and oxygen atoms in total. The molecular formula is C66H90N18O14S. The van der Waals surface area contributed by atoms with Gasteiger partial charge in [0.15, 0.2) is 11.9 Å². The number of phenols is 1. The largest absolute Gasteiger partial charge is 0.508 e. The second-order valence-electron chi connectivity index (χ2n) is 23.4. The highest BCUT2D eigenvalue weighted by Crippen LogP contribution is 2.23. The minimum Gasteiger partial charge on any atom is -0.508 e. The number of aliphatic imine (C=N–C) groups is 2. The maximum atomic E-state index is 15.2. The van der Waals surface area contributed by atoms with Gasteiger partial charge in [-0.05, 0) is 98.4 Å². The quantitative estimate of drug-likeness (QED) is 0.00897. The zero-order valence-corrected chi connectivity index (χ0v) is 55.8. The fourth-order valence-corrected chi connectivity index (χ4v) is 10.9. The number of amides is 12. The zero-order valence-electron chi connectivity index (χ0n) is 54.9. The van der Waals surface area contributed by atoms with Gasteiger partial charge in [-0.3, -0.25) is 72.4 Å². The van der Waals surface area contributed by atoms with Crippen molar-refractivity contribution in [1.82, 2.24) is 41.7 Å². The van der Waals surface area contributed by atoms with Gasteiger partial charge in [0.2, 0.25) is 70.9 Å². The molecule has 0 unspecified atom stereocenters. The first-order valence-corrected chi connectivity index (χ1v) is 32.7. The molecule has 9 atom stereocenters. The fraction of sp³-hybridized carbons (Fsp3) is 0.424. The number of primary amides is 3. The smallest absolute Gasteiger partial charge is 0.247 e. The number of nitrogens with one attached hydrogen (secondary N) is 6. The molecule has 1 heterocycles. The van der Waals surface area contributed by atoms with Crippen LogP contribution in [0.1, 0.15) is 87.0 Å². The third kappa shape index (κ3) is 26.3. The lowest BCUT2D eigenvalue weighted by molar-refractivity contribution is -0.152. The van der Waals surface area contributed by atoms with Crippen molar-refractivity contribution in [1.29, 1.82) is 0 Å². The van der Waals surface area contributed by atoms with E-state index in [1.54, 1.807) is 91.9 Å². The van der Waals surface area contributed by atoms with Crippen LogP contribution in [0.4, 0.5) is 0 Å². The van der Waals surface area contributed by atoms with E-state index >= 15 is 4.79 Å². The van der Waals surface area contributed by atoms with Gasteiger partial charge in [-0.25, -0.2) is 0 Å². The molecule has 12 amide bonds. The maximum absolute atomic E-state index is 15.2. The second-order valence-corrected chi connectivity index (χ2v) is 23.8. The van der Waals surface area contributed by atoms with Gasteiger partial charge in [0.25, 0.3) is 0 Å². The third-order valence-corrected chi connectivity index (χ3v) is 16.2. The molecule has 23 N–H and O–H groups in total. The summed E-state index contributed by atoms with van der Waals surface area (Å²) in [5.41, 5.74) is 47.3. The number of hydrogen-bond donors (Lipinski definition) is 16. The van der Waals surface area contributed by atoms with Crippen LogP contribution in [0.25, 0.3) is 0 Å². The molecule has 1 fully saturated rings. The summed E-state index contributed by atoms with van der Waals surface area (Å²) < 4.78 is 5.61. The Morgan fingerprint density at radius 3 is 1.62 bits per heavy atom. The van der Waals surface area contributed by atoms with Crippen molar-refractivity contribution in [3.63, 3.8) is 0 Å². The zero-order chi connectivity index (χ0) is 72.7. The van der Waals surface area contributed by atoms with Crippen molar-refractivity contribution in [2.75, 3.05) is 32.0 Å². The Labute approximate surface area is 577 Å². The summed E-state index contributed by atoms with van der Waals surface area (Å²) in [5.74, 6) is -11.9. The monoisotopic (exact) mass is 1390 g/mol. The molecule has 534 valence electrons. The molecule has 1 aliphatic heterocycles. The standard InChI is InChI=1S/C66H90N18O14S/c1-2-98-43-25-21-41(22-26-43)34-52(84(63(96)44(67)37-99)55(88)35-39-14-7-4-8-15-39)62(95)82-49(33-38-12-5-3-6-13-38)59(92)77-46(27-28-53(68)86)58(91)81-50(36-54(69)87)60(93)79-47(17-10-30-76-66(73)74)64(97)83-31-11-18-51(83)61(94)78-45(16-9-29-75-65(71)72)57(90)80-48(56(70)89)32-40-19-23-42(85)24-20-40/h3-8,12-15,19-26,44-52,85,99H,2,9-11,16-18,27-37,67H2,1H3,(H2,68,86)(H2,69,87)(H2,70,89)(H,77,92)(H,78,94)(H,79,93)(H,80,90)(H,81,91)(H,82,95)(H4,71,72,75)(H4,73,74,76)/t44-,45-,46-,47-,48-,49-,50-,51-,52+/m0/s1. The van der Waals surface area contributed by atoms with E-state index in [1.807, 2.05) is 0 Å². The molecule has 0 saturated carbocycles. The first-order chi connectivity index (χ1) is 47.2. The SMILES string of the molecule is CCOc1ccc(C[C@H](C(=O)N[C@@H](Cc2ccccc2)C(=O)N[C@@H](CCC(N)=O)C(=O)N[C@@H](CC(N)=O)C(=O)N[C@@H](CCCN=C(N)N)C(=O)N2CCC[C@H]2C(=O)N[C@@H](CCCN=C(N)N)C(=O)N[C@@H](Cc2ccc(O)cc2)C(N)=O)N(C(=O)Cc2ccccc2)C(=O)[C@@H](N)CS)cc1. The van der Waals surface area contributed by atoms with Crippen molar-refractivity contribution >= 4 is 95.4 Å². The summed E-state index contributed by atoms with van der Waals surface area (Å²) in [4.78, 5) is 179. The van der Waals surface area contributed by atoms with Crippen LogP contribution in [0.2, 0.25) is 0 Å². The number of carbonyl (C=O) groups excluding carboxylic acids is 12. The first-order valence-electron chi connectivity index (χ1n) is 32.1. The topological polar surface area (TPSA) is 546 Å². The molecule has 4 aromatic carbocycles. The molecule has 99 heavy (non-hydrogen) atoms. The number of likely N-dealkylation sites (tertiary alicyclic amines) is 1. The van der Waals surface area contributed by atoms with E-state index in [1.165, 1.54) is 29.2 Å². The highest BCUT2D eigenvalue weighted by Gasteiger charge is 2.42. The van der Waals surface area contributed by atoms with Crippen LogP contribution in [0.5, 0.6) is 11.5 Å². The molecule has 0 bridgehead atoms. The Morgan fingerprint density at radius 2 is 1.06 bits per heavy atom. The maximum Gasteiger partial charge on any atom is 0.247 e.